The molecule has 0 aliphatic heterocycles. The first-order chi connectivity index (χ1) is 17.6. The van der Waals surface area contributed by atoms with Crippen LogP contribution >= 0.6 is 0 Å². The van der Waals surface area contributed by atoms with E-state index in [2.05, 4.69) is 20.3 Å². The highest BCUT2D eigenvalue weighted by atomic mass is 32.2. The lowest BCUT2D eigenvalue weighted by atomic mass is 9.82. The fourth-order valence-electron chi connectivity index (χ4n) is 4.20. The van der Waals surface area contributed by atoms with Crippen molar-refractivity contribution in [2.45, 2.75) is 18.9 Å². The van der Waals surface area contributed by atoms with Gasteiger partial charge in [0.2, 0.25) is 11.9 Å². The number of halogens is 1. The van der Waals surface area contributed by atoms with Crippen LogP contribution in [0.4, 0.5) is 16.0 Å². The Labute approximate surface area is 214 Å². The van der Waals surface area contributed by atoms with Crippen LogP contribution in [0.5, 0.6) is 0 Å². The first-order valence-electron chi connectivity index (χ1n) is 11.4. The first kappa shape index (κ1) is 26.1. The summed E-state index contributed by atoms with van der Waals surface area (Å²) in [5.41, 5.74) is 7.29. The second-order valence-electron chi connectivity index (χ2n) is 8.56. The van der Waals surface area contributed by atoms with E-state index >= 15 is 0 Å². The molecule has 0 spiro atoms. The number of allylic oxidation sites excluding steroid dienone is 2. The number of benzene rings is 1. The Hall–Kier alpha value is -3.96. The Kier molecular flexibility index (Phi) is 7.46. The smallest absolute Gasteiger partial charge is 0.244 e. The molecule has 1 aliphatic rings. The van der Waals surface area contributed by atoms with Crippen molar-refractivity contribution in [3.05, 3.63) is 88.7 Å². The summed E-state index contributed by atoms with van der Waals surface area (Å²) in [6.07, 6.45) is 8.50. The Bertz CT molecular complexity index is 1490. The van der Waals surface area contributed by atoms with Gasteiger partial charge in [0.05, 0.1) is 17.2 Å². The molecule has 9 nitrogen and oxygen atoms in total. The highest BCUT2D eigenvalue weighted by molar-refractivity contribution is 7.94. The molecule has 2 heterocycles. The topological polar surface area (TPSA) is 137 Å². The number of aromatic nitrogens is 3. The van der Waals surface area contributed by atoms with Crippen LogP contribution in [0.25, 0.3) is 11.3 Å². The van der Waals surface area contributed by atoms with Crippen LogP contribution in [0, 0.1) is 6.92 Å². The number of carbonyl (C=O) groups is 1. The van der Waals surface area contributed by atoms with Crippen LogP contribution in [-0.4, -0.2) is 48.8 Å². The van der Waals surface area contributed by atoms with Crippen molar-refractivity contribution in [2.24, 2.45) is 5.73 Å². The van der Waals surface area contributed by atoms with Gasteiger partial charge < -0.3 is 15.8 Å². The number of hydrogen-bond donors (Lipinski definition) is 2. The predicted octanol–water partition coefficient (Wildman–Crippen LogP) is 3.52. The molecule has 0 fully saturated rings. The Morgan fingerprint density at radius 3 is 2.70 bits per heavy atom. The highest BCUT2D eigenvalue weighted by Gasteiger charge is 2.45. The zero-order valence-electron chi connectivity index (χ0n) is 20.3. The van der Waals surface area contributed by atoms with Crippen molar-refractivity contribution >= 4 is 27.4 Å². The van der Waals surface area contributed by atoms with Crippen LogP contribution in [0.15, 0.2) is 77.6 Å². The number of nitrogens with one attached hydrogen (secondary N) is 1. The van der Waals surface area contributed by atoms with Gasteiger partial charge in [0.15, 0.2) is 9.84 Å². The Balaban J connectivity index is 1.79. The average molecular weight is 524 g/mol. The van der Waals surface area contributed by atoms with Crippen LogP contribution in [-0.2, 0) is 25.0 Å². The Morgan fingerprint density at radius 2 is 2.03 bits per heavy atom. The lowest BCUT2D eigenvalue weighted by molar-refractivity contribution is -0.115. The van der Waals surface area contributed by atoms with Crippen molar-refractivity contribution < 1.29 is 22.3 Å². The number of amides is 1. The number of aryl methyl sites for hydroxylation is 1. The number of carbonyl (C=O) groups excluding carboxylic acids is 1. The summed E-state index contributed by atoms with van der Waals surface area (Å²) in [7, 11) is -3.81. The molecule has 1 aliphatic carbocycles. The van der Waals surface area contributed by atoms with Crippen molar-refractivity contribution in [3.63, 3.8) is 0 Å². The standard InChI is InChI=1S/C26H26FN5O4S/c1-17-5-7-20(14-22(17)32-25-30-12-9-21(31-25)19-4-3-11-29-16-19)26(36-13-10-27)15-18(24(28)33)6-8-23(26)37(2,34)35/h3-9,11-12,14,16H,10,13,15H2,1-2H3,(H2,28,33)(H,30,31,32). The van der Waals surface area contributed by atoms with E-state index in [1.165, 1.54) is 12.2 Å². The number of nitrogens with two attached hydrogens (primary N) is 1. The molecule has 1 amide bonds. The number of ether oxygens (including phenoxy) is 1. The van der Waals surface area contributed by atoms with Gasteiger partial charge in [0.1, 0.15) is 12.3 Å². The maximum Gasteiger partial charge on any atom is 0.244 e. The molecule has 1 unspecified atom stereocenters. The summed E-state index contributed by atoms with van der Waals surface area (Å²) in [6.45, 7) is 0.626. The summed E-state index contributed by atoms with van der Waals surface area (Å²) < 4.78 is 44.8. The minimum Gasteiger partial charge on any atom is -0.366 e. The van der Waals surface area contributed by atoms with E-state index in [0.717, 1.165) is 17.4 Å². The summed E-state index contributed by atoms with van der Waals surface area (Å²) in [4.78, 5) is 24.9. The molecule has 0 saturated carbocycles. The van der Waals surface area contributed by atoms with Gasteiger partial charge in [0.25, 0.3) is 0 Å². The molecule has 1 atom stereocenters. The molecule has 0 radical (unpaired) electrons. The maximum atomic E-state index is 13.3. The fraction of sp³-hybridized carbons (Fsp3) is 0.231. The van der Waals surface area contributed by atoms with Gasteiger partial charge in [0, 0.05) is 48.1 Å². The lowest BCUT2D eigenvalue weighted by Crippen LogP contribution is -2.39. The van der Waals surface area contributed by atoms with Gasteiger partial charge in [-0.25, -0.2) is 22.8 Å². The molecule has 192 valence electrons. The fourth-order valence-corrected chi connectivity index (χ4v) is 5.37. The Morgan fingerprint density at radius 1 is 1.22 bits per heavy atom. The van der Waals surface area contributed by atoms with Crippen molar-refractivity contribution in [2.75, 3.05) is 24.9 Å². The average Bonchev–Trinajstić information content (AvgIpc) is 2.88. The number of pyridine rings is 1. The largest absolute Gasteiger partial charge is 0.366 e. The van der Waals surface area contributed by atoms with Crippen molar-refractivity contribution in [1.29, 1.82) is 0 Å². The van der Waals surface area contributed by atoms with Gasteiger partial charge in [-0.3, -0.25) is 9.78 Å². The number of rotatable bonds is 9. The predicted molar refractivity (Wildman–Crippen MR) is 138 cm³/mol. The van der Waals surface area contributed by atoms with Crippen molar-refractivity contribution in [3.8, 4) is 11.3 Å². The van der Waals surface area contributed by atoms with Gasteiger partial charge in [-0.1, -0.05) is 18.2 Å². The molecule has 3 aromatic rings. The van der Waals surface area contributed by atoms with E-state index in [-0.39, 0.29) is 23.5 Å². The minimum absolute atomic E-state index is 0.0944. The zero-order valence-corrected chi connectivity index (χ0v) is 21.1. The summed E-state index contributed by atoms with van der Waals surface area (Å²) in [5, 5.41) is 3.18. The second kappa shape index (κ2) is 10.6. The number of anilines is 2. The molecule has 11 heteroatoms. The van der Waals surface area contributed by atoms with Crippen LogP contribution < -0.4 is 11.1 Å². The third-order valence-corrected chi connectivity index (χ3v) is 7.24. The van der Waals surface area contributed by atoms with E-state index < -0.39 is 28.0 Å². The molecule has 0 bridgehead atoms. The first-order valence-corrected chi connectivity index (χ1v) is 13.3. The number of nitrogens with zero attached hydrogens (tertiary/aromatic N) is 3. The van der Waals surface area contributed by atoms with E-state index in [0.29, 0.717) is 22.9 Å². The quantitative estimate of drug-likeness (QED) is 0.435. The van der Waals surface area contributed by atoms with E-state index in [9.17, 15) is 17.6 Å². The summed E-state index contributed by atoms with van der Waals surface area (Å²) in [5.74, 6) is -0.413. The molecule has 0 saturated heterocycles. The van der Waals surface area contributed by atoms with Gasteiger partial charge in [-0.2, -0.15) is 0 Å². The molecule has 1 aromatic carbocycles. The van der Waals surface area contributed by atoms with E-state index in [1.54, 1.807) is 48.9 Å². The summed E-state index contributed by atoms with van der Waals surface area (Å²) in [6, 6.07) is 10.6. The SMILES string of the molecule is Cc1ccc(C2(OCCF)CC(C(N)=O)=CC=C2S(C)(=O)=O)cc1Nc1nccc(-c2cccnc2)n1. The molecular weight excluding hydrogens is 497 g/mol. The third-order valence-electron chi connectivity index (χ3n) is 5.98. The van der Waals surface area contributed by atoms with Gasteiger partial charge in [-0.15, -0.1) is 0 Å². The number of alkyl halides is 1. The third kappa shape index (κ3) is 5.57. The lowest BCUT2D eigenvalue weighted by Gasteiger charge is -2.38. The van der Waals surface area contributed by atoms with Crippen molar-refractivity contribution in [1.82, 2.24) is 15.0 Å². The number of primary amides is 1. The highest BCUT2D eigenvalue weighted by Crippen LogP contribution is 2.45. The minimum atomic E-state index is -3.81. The molecular formula is C26H26FN5O4S. The molecule has 4 rings (SSSR count). The number of sulfone groups is 1. The van der Waals surface area contributed by atoms with E-state index in [1.807, 2.05) is 13.0 Å². The zero-order chi connectivity index (χ0) is 26.6. The normalized spacial score (nSPS) is 17.6. The molecule has 2 aromatic heterocycles. The van der Waals surface area contributed by atoms with E-state index in [4.69, 9.17) is 10.5 Å². The second-order valence-corrected chi connectivity index (χ2v) is 10.5. The maximum absolute atomic E-state index is 13.3. The molecule has 37 heavy (non-hydrogen) atoms. The van der Waals surface area contributed by atoms with Gasteiger partial charge >= 0.3 is 0 Å². The van der Waals surface area contributed by atoms with Crippen LogP contribution in [0.1, 0.15) is 17.5 Å². The monoisotopic (exact) mass is 523 g/mol. The summed E-state index contributed by atoms with van der Waals surface area (Å²) >= 11 is 0. The van der Waals surface area contributed by atoms with Crippen LogP contribution in [0.3, 0.4) is 0 Å². The number of hydrogen-bond acceptors (Lipinski definition) is 8. The van der Waals surface area contributed by atoms with Gasteiger partial charge in [-0.05, 0) is 48.4 Å². The van der Waals surface area contributed by atoms with Crippen LogP contribution in [0.2, 0.25) is 0 Å². The molecule has 3 N–H and O–H groups in total.